The number of benzene rings is 1. The van der Waals surface area contributed by atoms with E-state index in [-0.39, 0.29) is 0 Å². The van der Waals surface area contributed by atoms with Crippen molar-refractivity contribution in [3.63, 3.8) is 0 Å². The molecule has 1 aromatic carbocycles. The van der Waals surface area contributed by atoms with E-state index in [1.54, 1.807) is 5.57 Å². The molecule has 0 spiro atoms. The Morgan fingerprint density at radius 2 is 2.00 bits per heavy atom. The predicted octanol–water partition coefficient (Wildman–Crippen LogP) is 4.77. The van der Waals surface area contributed by atoms with Gasteiger partial charge in [-0.2, -0.15) is 0 Å². The highest BCUT2D eigenvalue weighted by Crippen LogP contribution is 2.44. The van der Waals surface area contributed by atoms with Gasteiger partial charge in [0.2, 0.25) is 0 Å². The zero-order valence-electron chi connectivity index (χ0n) is 11.5. The van der Waals surface area contributed by atoms with Crippen LogP contribution in [0, 0.1) is 12.8 Å². The Bertz CT molecular complexity index is 693. The third kappa shape index (κ3) is 1.67. The fourth-order valence-electron chi connectivity index (χ4n) is 3.59. The predicted molar refractivity (Wildman–Crippen MR) is 80.9 cm³/mol. The molecule has 0 N–H and O–H groups in total. The number of hydrogen-bond donors (Lipinski definition) is 0. The standard InChI is InChI=1S/C19H18/c1-12-3-5-14-11-19-17(9-15(14)7-12)10-16-8-13(2)4-6-18(16)19/h3-8,11,15H,9-10H2,1-2H3. The van der Waals surface area contributed by atoms with Gasteiger partial charge in [0.1, 0.15) is 0 Å². The average molecular weight is 246 g/mol. The molecule has 4 rings (SSSR count). The van der Waals surface area contributed by atoms with Crippen molar-refractivity contribution < 1.29 is 0 Å². The van der Waals surface area contributed by atoms with Crippen molar-refractivity contribution in [2.75, 3.05) is 0 Å². The van der Waals surface area contributed by atoms with Crippen LogP contribution in [-0.4, -0.2) is 0 Å². The molecule has 0 heteroatoms. The Kier molecular flexibility index (Phi) is 2.23. The van der Waals surface area contributed by atoms with E-state index in [4.69, 9.17) is 0 Å². The van der Waals surface area contributed by atoms with Crippen LogP contribution in [0.25, 0.3) is 5.57 Å². The summed E-state index contributed by atoms with van der Waals surface area (Å²) in [5.74, 6) is 0.610. The van der Waals surface area contributed by atoms with Gasteiger partial charge in [0.05, 0.1) is 0 Å². The van der Waals surface area contributed by atoms with E-state index in [1.165, 1.54) is 39.8 Å². The van der Waals surface area contributed by atoms with Crippen LogP contribution in [0.1, 0.15) is 30.0 Å². The minimum Gasteiger partial charge on any atom is -0.0737 e. The molecule has 3 aliphatic carbocycles. The Morgan fingerprint density at radius 1 is 1.11 bits per heavy atom. The van der Waals surface area contributed by atoms with E-state index >= 15 is 0 Å². The molecule has 0 heterocycles. The first-order chi connectivity index (χ1) is 9.20. The molecule has 0 saturated heterocycles. The van der Waals surface area contributed by atoms with Crippen molar-refractivity contribution >= 4 is 5.57 Å². The highest BCUT2D eigenvalue weighted by molar-refractivity contribution is 5.85. The van der Waals surface area contributed by atoms with Crippen LogP contribution < -0.4 is 0 Å². The zero-order valence-corrected chi connectivity index (χ0v) is 11.5. The molecular weight excluding hydrogens is 228 g/mol. The van der Waals surface area contributed by atoms with E-state index in [2.05, 4.69) is 56.4 Å². The van der Waals surface area contributed by atoms with Crippen LogP contribution >= 0.6 is 0 Å². The third-order valence-electron chi connectivity index (χ3n) is 4.54. The first-order valence-corrected chi connectivity index (χ1v) is 7.11. The molecule has 1 aromatic rings. The largest absolute Gasteiger partial charge is 0.0737 e. The molecule has 0 radical (unpaired) electrons. The van der Waals surface area contributed by atoms with Crippen molar-refractivity contribution in [3.8, 4) is 0 Å². The molecule has 1 atom stereocenters. The fourth-order valence-corrected chi connectivity index (χ4v) is 3.59. The second-order valence-electron chi connectivity index (χ2n) is 6.05. The Labute approximate surface area is 114 Å². The minimum atomic E-state index is 0.610. The summed E-state index contributed by atoms with van der Waals surface area (Å²) < 4.78 is 0. The molecule has 0 aromatic heterocycles. The van der Waals surface area contributed by atoms with E-state index < -0.39 is 0 Å². The molecule has 0 fully saturated rings. The summed E-state index contributed by atoms with van der Waals surface area (Å²) in [6.07, 6.45) is 11.7. The SMILES string of the molecule is CC1=CC2CC3=C(C=C2C=C1)c1ccc(C)cc1C3. The summed E-state index contributed by atoms with van der Waals surface area (Å²) in [5, 5.41) is 0. The number of fused-ring (bicyclic) bond motifs is 3. The van der Waals surface area contributed by atoms with Gasteiger partial charge in [0.25, 0.3) is 0 Å². The highest BCUT2D eigenvalue weighted by atomic mass is 14.3. The first kappa shape index (κ1) is 11.0. The lowest BCUT2D eigenvalue weighted by Crippen LogP contribution is -2.09. The van der Waals surface area contributed by atoms with Crippen molar-refractivity contribution in [2.45, 2.75) is 26.7 Å². The second-order valence-corrected chi connectivity index (χ2v) is 6.05. The average Bonchev–Trinajstić information content (AvgIpc) is 2.72. The van der Waals surface area contributed by atoms with Gasteiger partial charge in [-0.15, -0.1) is 0 Å². The van der Waals surface area contributed by atoms with Crippen molar-refractivity contribution in [1.82, 2.24) is 0 Å². The van der Waals surface area contributed by atoms with Crippen LogP contribution in [0.5, 0.6) is 0 Å². The smallest absolute Gasteiger partial charge is 0.00615 e. The lowest BCUT2D eigenvalue weighted by Gasteiger charge is -2.24. The number of hydrogen-bond acceptors (Lipinski definition) is 0. The van der Waals surface area contributed by atoms with Gasteiger partial charge in [-0.25, -0.2) is 0 Å². The second kappa shape index (κ2) is 3.84. The quantitative estimate of drug-likeness (QED) is 0.618. The van der Waals surface area contributed by atoms with Gasteiger partial charge >= 0.3 is 0 Å². The van der Waals surface area contributed by atoms with Crippen molar-refractivity contribution in [1.29, 1.82) is 0 Å². The maximum atomic E-state index is 2.42. The molecular formula is C19H18. The molecule has 3 aliphatic rings. The van der Waals surface area contributed by atoms with Crippen LogP contribution in [0.3, 0.4) is 0 Å². The Morgan fingerprint density at radius 3 is 2.89 bits per heavy atom. The molecule has 0 amide bonds. The summed E-state index contributed by atoms with van der Waals surface area (Å²) in [6.45, 7) is 4.38. The van der Waals surface area contributed by atoms with Gasteiger partial charge in [0, 0.05) is 5.92 Å². The molecule has 0 bridgehead atoms. The fraction of sp³-hybridized carbons (Fsp3) is 0.263. The van der Waals surface area contributed by atoms with Gasteiger partial charge < -0.3 is 0 Å². The number of allylic oxidation sites excluding steroid dienone is 8. The molecule has 1 unspecified atom stereocenters. The maximum Gasteiger partial charge on any atom is 0.00615 e. The number of rotatable bonds is 0. The van der Waals surface area contributed by atoms with Gasteiger partial charge in [-0.1, -0.05) is 59.2 Å². The number of aryl methyl sites for hydroxylation is 1. The van der Waals surface area contributed by atoms with Crippen molar-refractivity contribution in [2.24, 2.45) is 5.92 Å². The topological polar surface area (TPSA) is 0 Å². The highest BCUT2D eigenvalue weighted by Gasteiger charge is 2.28. The summed E-state index contributed by atoms with van der Waals surface area (Å²) in [6, 6.07) is 6.89. The van der Waals surface area contributed by atoms with Gasteiger partial charge in [0.15, 0.2) is 0 Å². The molecule has 0 nitrogen and oxygen atoms in total. The first-order valence-electron chi connectivity index (χ1n) is 7.11. The van der Waals surface area contributed by atoms with Gasteiger partial charge in [-0.3, -0.25) is 0 Å². The lowest BCUT2D eigenvalue weighted by molar-refractivity contribution is 0.734. The van der Waals surface area contributed by atoms with Crippen molar-refractivity contribution in [3.05, 3.63) is 75.9 Å². The molecule has 94 valence electrons. The third-order valence-corrected chi connectivity index (χ3v) is 4.54. The van der Waals surface area contributed by atoms with E-state index in [0.29, 0.717) is 5.92 Å². The van der Waals surface area contributed by atoms with E-state index in [0.717, 1.165) is 6.42 Å². The summed E-state index contributed by atoms with van der Waals surface area (Å²) >= 11 is 0. The minimum absolute atomic E-state index is 0.610. The van der Waals surface area contributed by atoms with E-state index in [9.17, 15) is 0 Å². The van der Waals surface area contributed by atoms with Crippen LogP contribution in [0.4, 0.5) is 0 Å². The molecule has 19 heavy (non-hydrogen) atoms. The summed E-state index contributed by atoms with van der Waals surface area (Å²) in [7, 11) is 0. The van der Waals surface area contributed by atoms with Gasteiger partial charge in [-0.05, 0) is 49.0 Å². The van der Waals surface area contributed by atoms with Crippen LogP contribution in [0.2, 0.25) is 0 Å². The van der Waals surface area contributed by atoms with Crippen LogP contribution in [-0.2, 0) is 6.42 Å². The van der Waals surface area contributed by atoms with Crippen LogP contribution in [0.15, 0.2) is 59.2 Å². The molecule has 0 aliphatic heterocycles. The molecule has 0 saturated carbocycles. The maximum absolute atomic E-state index is 2.42. The van der Waals surface area contributed by atoms with E-state index in [1.807, 2.05) is 0 Å². The Balaban J connectivity index is 1.80. The normalized spacial score (nSPS) is 23.6. The Hall–Kier alpha value is -1.82. The lowest BCUT2D eigenvalue weighted by atomic mass is 9.80. The summed E-state index contributed by atoms with van der Waals surface area (Å²) in [4.78, 5) is 0. The summed E-state index contributed by atoms with van der Waals surface area (Å²) in [5.41, 5.74) is 10.4. The monoisotopic (exact) mass is 246 g/mol. The zero-order chi connectivity index (χ0) is 13.0.